The van der Waals surface area contributed by atoms with Gasteiger partial charge in [-0.2, -0.15) is 0 Å². The van der Waals surface area contributed by atoms with Gasteiger partial charge in [0, 0.05) is 37.8 Å². The third-order valence-electron chi connectivity index (χ3n) is 6.55. The molecule has 3 heterocycles. The third kappa shape index (κ3) is 2.67. The molecule has 3 aliphatic rings. The van der Waals surface area contributed by atoms with Crippen LogP contribution in [0.15, 0.2) is 30.3 Å². The zero-order valence-corrected chi connectivity index (χ0v) is 15.8. The predicted molar refractivity (Wildman–Crippen MR) is 107 cm³/mol. The Hall–Kier alpha value is -2.07. The lowest BCUT2D eigenvalue weighted by atomic mass is 9.83. The molecular weight excluding hydrogens is 320 g/mol. The Morgan fingerprint density at radius 1 is 1.04 bits per heavy atom. The van der Waals surface area contributed by atoms with E-state index in [2.05, 4.69) is 59.5 Å². The first-order valence-corrected chi connectivity index (χ1v) is 10.0. The van der Waals surface area contributed by atoms with Crippen LogP contribution in [-0.4, -0.2) is 36.6 Å². The van der Waals surface area contributed by atoms with Gasteiger partial charge in [-0.15, -0.1) is 0 Å². The minimum absolute atomic E-state index is 0.654. The summed E-state index contributed by atoms with van der Waals surface area (Å²) in [6, 6.07) is 11.9. The first-order chi connectivity index (χ1) is 12.7. The van der Waals surface area contributed by atoms with Gasteiger partial charge in [0.15, 0.2) is 0 Å². The van der Waals surface area contributed by atoms with E-state index in [1.54, 1.807) is 0 Å². The fraction of sp³-hybridized carbons (Fsp3) is 0.500. The van der Waals surface area contributed by atoms with Gasteiger partial charge in [-0.25, -0.2) is 4.98 Å². The van der Waals surface area contributed by atoms with Crippen molar-refractivity contribution >= 4 is 17.3 Å². The lowest BCUT2D eigenvalue weighted by Crippen LogP contribution is -2.32. The highest BCUT2D eigenvalue weighted by Crippen LogP contribution is 2.46. The van der Waals surface area contributed by atoms with Gasteiger partial charge in [-0.3, -0.25) is 0 Å². The highest BCUT2D eigenvalue weighted by Gasteiger charge is 2.38. The van der Waals surface area contributed by atoms with E-state index in [4.69, 9.17) is 4.98 Å². The molecule has 0 radical (unpaired) electrons. The number of hydrogen-bond donors (Lipinski definition) is 1. The van der Waals surface area contributed by atoms with Crippen LogP contribution in [0.3, 0.4) is 0 Å². The van der Waals surface area contributed by atoms with E-state index in [9.17, 15) is 0 Å². The molecule has 1 aliphatic carbocycles. The van der Waals surface area contributed by atoms with Crippen molar-refractivity contribution in [3.8, 4) is 0 Å². The quantitative estimate of drug-likeness (QED) is 0.877. The Balaban J connectivity index is 1.41. The summed E-state index contributed by atoms with van der Waals surface area (Å²) < 4.78 is 0. The summed E-state index contributed by atoms with van der Waals surface area (Å²) in [5.74, 6) is 2.83. The molecule has 0 bridgehead atoms. The molecule has 2 aliphatic heterocycles. The SMILES string of the molecule is CN1CCc2ccc(Nc3ccc4c(n3)N(C)C3CCCCC43)cc2C1. The number of rotatable bonds is 2. The number of nitrogens with one attached hydrogen (secondary N) is 1. The number of anilines is 3. The normalized spacial score (nSPS) is 24.8. The van der Waals surface area contributed by atoms with Crippen molar-refractivity contribution in [2.75, 3.05) is 30.9 Å². The second kappa shape index (κ2) is 6.27. The van der Waals surface area contributed by atoms with Crippen LogP contribution in [0.4, 0.5) is 17.3 Å². The van der Waals surface area contributed by atoms with Crippen LogP contribution in [0.1, 0.15) is 48.3 Å². The van der Waals surface area contributed by atoms with Crippen LogP contribution < -0.4 is 10.2 Å². The zero-order valence-electron chi connectivity index (χ0n) is 15.8. The molecule has 4 nitrogen and oxygen atoms in total. The molecule has 0 spiro atoms. The number of hydrogen-bond acceptors (Lipinski definition) is 4. The minimum atomic E-state index is 0.654. The zero-order chi connectivity index (χ0) is 17.7. The van der Waals surface area contributed by atoms with Crippen molar-refractivity contribution in [3.63, 3.8) is 0 Å². The molecule has 1 saturated carbocycles. The average Bonchev–Trinajstić information content (AvgIpc) is 2.94. The minimum Gasteiger partial charge on any atom is -0.356 e. The number of fused-ring (bicyclic) bond motifs is 4. The molecule has 1 aromatic heterocycles. The Bertz CT molecular complexity index is 831. The average molecular weight is 348 g/mol. The highest BCUT2D eigenvalue weighted by molar-refractivity contribution is 5.64. The Kier molecular flexibility index (Phi) is 3.89. The lowest BCUT2D eigenvalue weighted by Gasteiger charge is -2.30. The number of likely N-dealkylation sites (N-methyl/N-ethyl adjacent to an activating group) is 2. The fourth-order valence-electron chi connectivity index (χ4n) is 5.12. The van der Waals surface area contributed by atoms with E-state index < -0.39 is 0 Å². The molecule has 0 saturated heterocycles. The molecule has 1 N–H and O–H groups in total. The lowest BCUT2D eigenvalue weighted by molar-refractivity contribution is 0.313. The summed E-state index contributed by atoms with van der Waals surface area (Å²) in [6.07, 6.45) is 6.48. The van der Waals surface area contributed by atoms with E-state index in [1.165, 1.54) is 48.2 Å². The molecule has 0 amide bonds. The molecular formula is C22H28N4. The maximum absolute atomic E-state index is 4.99. The van der Waals surface area contributed by atoms with Gasteiger partial charge in [0.1, 0.15) is 11.6 Å². The monoisotopic (exact) mass is 348 g/mol. The van der Waals surface area contributed by atoms with E-state index >= 15 is 0 Å². The third-order valence-corrected chi connectivity index (χ3v) is 6.55. The van der Waals surface area contributed by atoms with Gasteiger partial charge < -0.3 is 15.1 Å². The molecule has 2 aromatic rings. The highest BCUT2D eigenvalue weighted by atomic mass is 15.2. The number of aromatic nitrogens is 1. The second-order valence-electron chi connectivity index (χ2n) is 8.27. The Morgan fingerprint density at radius 2 is 1.92 bits per heavy atom. The molecule has 4 heteroatoms. The van der Waals surface area contributed by atoms with Crippen LogP contribution in [0.2, 0.25) is 0 Å². The Labute approximate surface area is 156 Å². The number of pyridine rings is 1. The molecule has 26 heavy (non-hydrogen) atoms. The first kappa shape index (κ1) is 16.1. The van der Waals surface area contributed by atoms with Crippen LogP contribution in [0.25, 0.3) is 0 Å². The van der Waals surface area contributed by atoms with Crippen LogP contribution in [-0.2, 0) is 13.0 Å². The maximum Gasteiger partial charge on any atom is 0.134 e. The van der Waals surface area contributed by atoms with Crippen LogP contribution in [0.5, 0.6) is 0 Å². The molecule has 136 valence electrons. The topological polar surface area (TPSA) is 31.4 Å². The summed E-state index contributed by atoms with van der Waals surface area (Å²) in [7, 11) is 4.42. The van der Waals surface area contributed by atoms with E-state index in [1.807, 2.05) is 0 Å². The van der Waals surface area contributed by atoms with Crippen molar-refractivity contribution in [3.05, 3.63) is 47.0 Å². The second-order valence-corrected chi connectivity index (χ2v) is 8.27. The summed E-state index contributed by atoms with van der Waals surface area (Å²) >= 11 is 0. The molecule has 1 aromatic carbocycles. The van der Waals surface area contributed by atoms with E-state index in [0.717, 1.165) is 31.0 Å². The van der Waals surface area contributed by atoms with Gasteiger partial charge in [-0.05, 0) is 61.2 Å². The first-order valence-electron chi connectivity index (χ1n) is 10.0. The van der Waals surface area contributed by atoms with Crippen LogP contribution in [0, 0.1) is 0 Å². The summed E-state index contributed by atoms with van der Waals surface area (Å²) in [6.45, 7) is 2.19. The summed E-state index contributed by atoms with van der Waals surface area (Å²) in [4.78, 5) is 9.79. The van der Waals surface area contributed by atoms with Crippen molar-refractivity contribution in [2.45, 2.75) is 50.6 Å². The van der Waals surface area contributed by atoms with Crippen molar-refractivity contribution in [2.24, 2.45) is 0 Å². The standard InChI is InChI=1S/C22H28N4/c1-25-12-11-15-7-8-17(13-16(15)14-25)23-21-10-9-19-18-5-3-4-6-20(18)26(2)22(19)24-21/h7-10,13,18,20H,3-6,11-12,14H2,1-2H3,(H,23,24). The van der Waals surface area contributed by atoms with E-state index in [0.29, 0.717) is 12.0 Å². The van der Waals surface area contributed by atoms with Crippen molar-refractivity contribution < 1.29 is 0 Å². The van der Waals surface area contributed by atoms with Gasteiger partial charge >= 0.3 is 0 Å². The number of benzene rings is 1. The molecule has 2 unspecified atom stereocenters. The molecule has 5 rings (SSSR count). The predicted octanol–water partition coefficient (Wildman–Crippen LogP) is 4.29. The molecule has 1 fully saturated rings. The van der Waals surface area contributed by atoms with E-state index in [-0.39, 0.29) is 0 Å². The maximum atomic E-state index is 4.99. The fourth-order valence-corrected chi connectivity index (χ4v) is 5.12. The summed E-state index contributed by atoms with van der Waals surface area (Å²) in [5, 5.41) is 3.54. The molecule has 2 atom stereocenters. The van der Waals surface area contributed by atoms with Crippen molar-refractivity contribution in [1.82, 2.24) is 9.88 Å². The smallest absolute Gasteiger partial charge is 0.134 e. The van der Waals surface area contributed by atoms with Gasteiger partial charge in [-0.1, -0.05) is 25.0 Å². The van der Waals surface area contributed by atoms with Crippen LogP contribution >= 0.6 is 0 Å². The largest absolute Gasteiger partial charge is 0.356 e. The number of nitrogens with zero attached hydrogens (tertiary/aromatic N) is 3. The van der Waals surface area contributed by atoms with Crippen molar-refractivity contribution in [1.29, 1.82) is 0 Å². The van der Waals surface area contributed by atoms with Gasteiger partial charge in [0.25, 0.3) is 0 Å². The van der Waals surface area contributed by atoms with Gasteiger partial charge in [0.2, 0.25) is 0 Å². The Morgan fingerprint density at radius 3 is 2.85 bits per heavy atom. The summed E-state index contributed by atoms with van der Waals surface area (Å²) in [5.41, 5.74) is 5.52. The van der Waals surface area contributed by atoms with Gasteiger partial charge in [0.05, 0.1) is 0 Å².